The quantitative estimate of drug-likeness (QED) is 0.866. The van der Waals surface area contributed by atoms with Gasteiger partial charge in [0, 0.05) is 22.8 Å². The maximum absolute atomic E-state index is 10.9. The molecule has 0 atom stereocenters. The van der Waals surface area contributed by atoms with Gasteiger partial charge >= 0.3 is 0 Å². The van der Waals surface area contributed by atoms with Crippen LogP contribution in [0.15, 0.2) is 29.2 Å². The number of carbonyl (C=O) groups is 1. The molecule has 0 saturated heterocycles. The molecule has 1 aliphatic carbocycles. The van der Waals surface area contributed by atoms with Crippen molar-refractivity contribution in [2.24, 2.45) is 0 Å². The van der Waals surface area contributed by atoms with Crippen molar-refractivity contribution in [2.45, 2.75) is 42.8 Å². The fourth-order valence-corrected chi connectivity index (χ4v) is 3.27. The first kappa shape index (κ1) is 11.5. The van der Waals surface area contributed by atoms with Crippen LogP contribution in [0.5, 0.6) is 0 Å². The fourth-order valence-electron chi connectivity index (χ4n) is 2.02. The summed E-state index contributed by atoms with van der Waals surface area (Å²) in [7, 11) is 0. The molecule has 86 valence electrons. The van der Waals surface area contributed by atoms with Gasteiger partial charge in [0.2, 0.25) is 5.91 Å². The van der Waals surface area contributed by atoms with Gasteiger partial charge in [0.15, 0.2) is 0 Å². The third kappa shape index (κ3) is 3.27. The molecular weight excluding hydrogens is 218 g/mol. The number of anilines is 1. The van der Waals surface area contributed by atoms with Crippen LogP contribution >= 0.6 is 11.8 Å². The summed E-state index contributed by atoms with van der Waals surface area (Å²) < 4.78 is 0. The third-order valence-electron chi connectivity index (χ3n) is 2.78. The van der Waals surface area contributed by atoms with E-state index in [4.69, 9.17) is 0 Å². The van der Waals surface area contributed by atoms with Crippen LogP contribution < -0.4 is 5.32 Å². The van der Waals surface area contributed by atoms with E-state index >= 15 is 0 Å². The minimum absolute atomic E-state index is 0.0174. The summed E-state index contributed by atoms with van der Waals surface area (Å²) >= 11 is 1.97. The Bertz CT molecular complexity index is 355. The van der Waals surface area contributed by atoms with Crippen molar-refractivity contribution in [3.8, 4) is 0 Å². The highest BCUT2D eigenvalue weighted by Gasteiger charge is 2.15. The third-order valence-corrected chi connectivity index (χ3v) is 4.13. The maximum atomic E-state index is 10.9. The first-order chi connectivity index (χ1) is 7.74. The van der Waals surface area contributed by atoms with E-state index in [1.807, 2.05) is 23.9 Å². The van der Waals surface area contributed by atoms with Gasteiger partial charge in [0.1, 0.15) is 0 Å². The van der Waals surface area contributed by atoms with Gasteiger partial charge in [-0.3, -0.25) is 4.79 Å². The Labute approximate surface area is 101 Å². The van der Waals surface area contributed by atoms with Crippen LogP contribution in [0.25, 0.3) is 0 Å². The molecule has 1 aliphatic rings. The maximum Gasteiger partial charge on any atom is 0.221 e. The van der Waals surface area contributed by atoms with E-state index in [1.54, 1.807) is 0 Å². The Balaban J connectivity index is 1.93. The number of rotatable bonds is 3. The molecule has 2 rings (SSSR count). The smallest absolute Gasteiger partial charge is 0.221 e. The Hall–Kier alpha value is -0.960. The van der Waals surface area contributed by atoms with E-state index in [0.717, 1.165) is 10.9 Å². The first-order valence-corrected chi connectivity index (χ1v) is 6.66. The van der Waals surface area contributed by atoms with Crippen molar-refractivity contribution in [1.82, 2.24) is 0 Å². The molecule has 1 aromatic carbocycles. The minimum Gasteiger partial charge on any atom is -0.326 e. The molecular formula is C13H17NOS. The summed E-state index contributed by atoms with van der Waals surface area (Å²) in [6.45, 7) is 1.53. The van der Waals surface area contributed by atoms with E-state index in [2.05, 4.69) is 17.4 Å². The molecule has 0 heterocycles. The van der Waals surface area contributed by atoms with Gasteiger partial charge in [-0.1, -0.05) is 12.8 Å². The SMILES string of the molecule is CC(=O)Nc1ccc(SC2CCCC2)cc1. The lowest BCUT2D eigenvalue weighted by atomic mass is 10.3. The lowest BCUT2D eigenvalue weighted by Crippen LogP contribution is -2.05. The lowest BCUT2D eigenvalue weighted by Gasteiger charge is -2.09. The van der Waals surface area contributed by atoms with Gasteiger partial charge in [0.25, 0.3) is 0 Å². The normalized spacial score (nSPS) is 16.3. The summed E-state index contributed by atoms with van der Waals surface area (Å²) in [4.78, 5) is 12.2. The monoisotopic (exact) mass is 235 g/mol. The lowest BCUT2D eigenvalue weighted by molar-refractivity contribution is -0.114. The average molecular weight is 235 g/mol. The molecule has 1 saturated carbocycles. The molecule has 3 heteroatoms. The van der Waals surface area contributed by atoms with Crippen molar-refractivity contribution < 1.29 is 4.79 Å². The van der Waals surface area contributed by atoms with Gasteiger partial charge in [0.05, 0.1) is 0 Å². The number of carbonyl (C=O) groups excluding carboxylic acids is 1. The first-order valence-electron chi connectivity index (χ1n) is 5.78. The largest absolute Gasteiger partial charge is 0.326 e. The van der Waals surface area contributed by atoms with Gasteiger partial charge < -0.3 is 5.32 Å². The number of thioether (sulfide) groups is 1. The fraction of sp³-hybridized carbons (Fsp3) is 0.462. The number of hydrogen-bond acceptors (Lipinski definition) is 2. The predicted molar refractivity (Wildman–Crippen MR) is 68.9 cm³/mol. The summed E-state index contributed by atoms with van der Waals surface area (Å²) in [6.07, 6.45) is 5.44. The van der Waals surface area contributed by atoms with Crippen molar-refractivity contribution in [1.29, 1.82) is 0 Å². The Morgan fingerprint density at radius 1 is 1.25 bits per heavy atom. The minimum atomic E-state index is -0.0174. The summed E-state index contributed by atoms with van der Waals surface area (Å²) in [5.41, 5.74) is 0.878. The van der Waals surface area contributed by atoms with Crippen LogP contribution in [0, 0.1) is 0 Å². The summed E-state index contributed by atoms with van der Waals surface area (Å²) in [5, 5.41) is 3.58. The zero-order valence-electron chi connectivity index (χ0n) is 9.53. The van der Waals surface area contributed by atoms with Gasteiger partial charge in [-0.15, -0.1) is 11.8 Å². The second-order valence-electron chi connectivity index (χ2n) is 4.23. The summed E-state index contributed by atoms with van der Waals surface area (Å²) in [5.74, 6) is -0.0174. The van der Waals surface area contributed by atoms with Crippen LogP contribution in [0.1, 0.15) is 32.6 Å². The van der Waals surface area contributed by atoms with Crippen LogP contribution in [0.3, 0.4) is 0 Å². The molecule has 2 nitrogen and oxygen atoms in total. The Morgan fingerprint density at radius 2 is 1.88 bits per heavy atom. The molecule has 0 radical (unpaired) electrons. The van der Waals surface area contributed by atoms with Gasteiger partial charge in [-0.2, -0.15) is 0 Å². The van der Waals surface area contributed by atoms with Crippen molar-refractivity contribution in [3.63, 3.8) is 0 Å². The second-order valence-corrected chi connectivity index (χ2v) is 5.60. The summed E-state index contributed by atoms with van der Waals surface area (Å²) in [6, 6.07) is 8.12. The number of hydrogen-bond donors (Lipinski definition) is 1. The van der Waals surface area contributed by atoms with Crippen molar-refractivity contribution in [3.05, 3.63) is 24.3 Å². The van der Waals surface area contributed by atoms with Crippen LogP contribution in [0.4, 0.5) is 5.69 Å². The van der Waals surface area contributed by atoms with Crippen molar-refractivity contribution >= 4 is 23.4 Å². The highest BCUT2D eigenvalue weighted by molar-refractivity contribution is 8.00. The van der Waals surface area contributed by atoms with Crippen LogP contribution in [0.2, 0.25) is 0 Å². The van der Waals surface area contributed by atoms with E-state index in [9.17, 15) is 4.79 Å². The number of nitrogens with one attached hydrogen (secondary N) is 1. The molecule has 1 amide bonds. The highest BCUT2D eigenvalue weighted by Crippen LogP contribution is 2.34. The van der Waals surface area contributed by atoms with Gasteiger partial charge in [-0.25, -0.2) is 0 Å². The predicted octanol–water partition coefficient (Wildman–Crippen LogP) is 3.68. The molecule has 0 aliphatic heterocycles. The second kappa shape index (κ2) is 5.39. The topological polar surface area (TPSA) is 29.1 Å². The van der Waals surface area contributed by atoms with E-state index in [-0.39, 0.29) is 5.91 Å². The standard InChI is InChI=1S/C13H17NOS/c1-10(15)14-11-6-8-13(9-7-11)16-12-4-2-3-5-12/h6-9,12H,2-5H2,1H3,(H,14,15). The van der Waals surface area contributed by atoms with Crippen molar-refractivity contribution in [2.75, 3.05) is 5.32 Å². The van der Waals surface area contributed by atoms with E-state index in [0.29, 0.717) is 0 Å². The number of amides is 1. The molecule has 1 aromatic rings. The highest BCUT2D eigenvalue weighted by atomic mass is 32.2. The zero-order chi connectivity index (χ0) is 11.4. The van der Waals surface area contributed by atoms with Gasteiger partial charge in [-0.05, 0) is 37.1 Å². The zero-order valence-corrected chi connectivity index (χ0v) is 10.3. The number of benzene rings is 1. The van der Waals surface area contributed by atoms with E-state index in [1.165, 1.54) is 37.5 Å². The van der Waals surface area contributed by atoms with Crippen LogP contribution in [-0.4, -0.2) is 11.2 Å². The van der Waals surface area contributed by atoms with E-state index < -0.39 is 0 Å². The molecule has 0 unspecified atom stereocenters. The Kier molecular flexibility index (Phi) is 3.88. The molecule has 0 aromatic heterocycles. The Morgan fingerprint density at radius 3 is 2.44 bits per heavy atom. The average Bonchev–Trinajstić information content (AvgIpc) is 2.73. The van der Waals surface area contributed by atoms with Crippen LogP contribution in [-0.2, 0) is 4.79 Å². The molecule has 16 heavy (non-hydrogen) atoms. The molecule has 0 bridgehead atoms. The molecule has 0 spiro atoms. The molecule has 1 fully saturated rings. The molecule has 1 N–H and O–H groups in total.